The molecule has 0 aliphatic heterocycles. The van der Waals surface area contributed by atoms with Crippen molar-refractivity contribution in [3.63, 3.8) is 0 Å². The van der Waals surface area contributed by atoms with Crippen LogP contribution in [0.15, 0.2) is 24.3 Å². The lowest BCUT2D eigenvalue weighted by molar-refractivity contribution is -0.435. The minimum Gasteiger partial charge on any atom is -0.372 e. The third-order valence-electron chi connectivity index (χ3n) is 4.47. The van der Waals surface area contributed by atoms with Gasteiger partial charge in [-0.05, 0) is 38.1 Å². The van der Waals surface area contributed by atoms with Crippen LogP contribution >= 0.6 is 0 Å². The van der Waals surface area contributed by atoms with Gasteiger partial charge in [-0.25, -0.2) is 0 Å². The Kier molecular flexibility index (Phi) is 7.58. The van der Waals surface area contributed by atoms with Gasteiger partial charge in [0.25, 0.3) is 0 Å². The topological polar surface area (TPSA) is 32.3 Å². The second-order valence-electron chi connectivity index (χ2n) is 6.54. The molecule has 1 N–H and O–H groups in total. The highest BCUT2D eigenvalue weighted by Gasteiger charge is 2.91. The van der Waals surface area contributed by atoms with E-state index in [0.29, 0.717) is 18.8 Å². The Balaban J connectivity index is 3.30. The molecule has 0 radical (unpaired) electrons. The Hall–Kier alpha value is -2.42. The highest BCUT2D eigenvalue weighted by Crippen LogP contribution is 2.60. The van der Waals surface area contributed by atoms with Crippen LogP contribution in [-0.2, 0) is 4.79 Å². The van der Waals surface area contributed by atoms with Gasteiger partial charge in [0, 0.05) is 24.5 Å². The summed E-state index contributed by atoms with van der Waals surface area (Å²) in [6.07, 6.45) is -7.51. The van der Waals surface area contributed by atoms with Crippen molar-refractivity contribution in [2.24, 2.45) is 0 Å². The minimum absolute atomic E-state index is 0.440. The molecular weight excluding hydrogens is 495 g/mol. The summed E-state index contributed by atoms with van der Waals surface area (Å²) < 4.78 is 170. The van der Waals surface area contributed by atoms with Gasteiger partial charge in [0.1, 0.15) is 0 Å². The quantitative estimate of drug-likeness (QED) is 0.401. The van der Waals surface area contributed by atoms with E-state index in [4.69, 9.17) is 0 Å². The molecule has 1 amide bonds. The van der Waals surface area contributed by atoms with Crippen LogP contribution in [0.2, 0.25) is 0 Å². The Morgan fingerprint density at radius 3 is 1.45 bits per heavy atom. The standard InChI is InChI=1S/C17H15F13N2O/c1-3-32(4-2)10-7-5-9(6-8-10)31-11(33)12(18,19)13(20,21)14(22,23)15(24,25)16(26,27)17(28,29)30/h5-8H,3-4H2,1-2H3,(H,31,33). The largest absolute Gasteiger partial charge is 0.460 e. The van der Waals surface area contributed by atoms with Crippen molar-refractivity contribution >= 4 is 17.3 Å². The number of amides is 1. The highest BCUT2D eigenvalue weighted by molar-refractivity contribution is 5.97. The number of nitrogens with zero attached hydrogens (tertiary/aromatic N) is 1. The lowest BCUT2D eigenvalue weighted by Gasteiger charge is -2.39. The van der Waals surface area contributed by atoms with Gasteiger partial charge in [0.05, 0.1) is 0 Å². The molecule has 0 saturated carbocycles. The minimum atomic E-state index is -8.06. The molecule has 1 rings (SSSR count). The Bertz CT molecular complexity index is 830. The smallest absolute Gasteiger partial charge is 0.372 e. The Morgan fingerprint density at radius 1 is 0.697 bits per heavy atom. The van der Waals surface area contributed by atoms with Gasteiger partial charge in [0.15, 0.2) is 0 Å². The molecule has 1 aromatic carbocycles. The van der Waals surface area contributed by atoms with Crippen LogP contribution in [0.25, 0.3) is 0 Å². The molecule has 3 nitrogen and oxygen atoms in total. The predicted octanol–water partition coefficient (Wildman–Crippen LogP) is 6.21. The van der Waals surface area contributed by atoms with Gasteiger partial charge in [0.2, 0.25) is 0 Å². The maximum absolute atomic E-state index is 13.8. The van der Waals surface area contributed by atoms with E-state index in [1.807, 2.05) is 0 Å². The van der Waals surface area contributed by atoms with Crippen molar-refractivity contribution < 1.29 is 61.9 Å². The van der Waals surface area contributed by atoms with E-state index in [1.54, 1.807) is 18.7 Å². The van der Waals surface area contributed by atoms with Gasteiger partial charge in [-0.3, -0.25) is 4.79 Å². The monoisotopic (exact) mass is 510 g/mol. The molecular formula is C17H15F13N2O. The first-order valence-corrected chi connectivity index (χ1v) is 8.75. The molecule has 0 aliphatic rings. The average molecular weight is 510 g/mol. The van der Waals surface area contributed by atoms with Crippen molar-refractivity contribution in [1.29, 1.82) is 0 Å². The van der Waals surface area contributed by atoms with Crippen LogP contribution in [0.1, 0.15) is 13.8 Å². The van der Waals surface area contributed by atoms with Crippen LogP contribution in [0.3, 0.4) is 0 Å². The first-order chi connectivity index (χ1) is 14.6. The lowest BCUT2D eigenvalue weighted by atomic mass is 9.93. The van der Waals surface area contributed by atoms with Crippen molar-refractivity contribution in [3.05, 3.63) is 24.3 Å². The molecule has 190 valence electrons. The number of hydrogen-bond acceptors (Lipinski definition) is 2. The molecule has 0 heterocycles. The second-order valence-corrected chi connectivity index (χ2v) is 6.54. The molecule has 0 atom stereocenters. The van der Waals surface area contributed by atoms with E-state index in [9.17, 15) is 61.9 Å². The van der Waals surface area contributed by atoms with Crippen molar-refractivity contribution in [2.45, 2.75) is 49.6 Å². The van der Waals surface area contributed by atoms with Crippen LogP contribution < -0.4 is 10.2 Å². The van der Waals surface area contributed by atoms with E-state index in [1.165, 1.54) is 12.1 Å². The number of alkyl halides is 13. The zero-order valence-electron chi connectivity index (χ0n) is 16.5. The van der Waals surface area contributed by atoms with Crippen LogP contribution in [-0.4, -0.2) is 54.8 Å². The summed E-state index contributed by atoms with van der Waals surface area (Å²) in [6.45, 7) is 4.36. The number of carbonyl (C=O) groups is 1. The van der Waals surface area contributed by atoms with Crippen LogP contribution in [0.4, 0.5) is 68.5 Å². The number of benzene rings is 1. The van der Waals surface area contributed by atoms with Crippen molar-refractivity contribution in [3.8, 4) is 0 Å². The number of anilines is 2. The maximum atomic E-state index is 13.8. The summed E-state index contributed by atoms with van der Waals surface area (Å²) in [5, 5.41) is 1.01. The van der Waals surface area contributed by atoms with E-state index in [0.717, 1.165) is 17.4 Å². The maximum Gasteiger partial charge on any atom is 0.460 e. The molecule has 0 aromatic heterocycles. The Morgan fingerprint density at radius 2 is 1.09 bits per heavy atom. The van der Waals surface area contributed by atoms with Crippen LogP contribution in [0, 0.1) is 0 Å². The summed E-state index contributed by atoms with van der Waals surface area (Å²) in [4.78, 5) is 13.2. The summed E-state index contributed by atoms with van der Waals surface area (Å²) >= 11 is 0. The molecule has 0 spiro atoms. The van der Waals surface area contributed by atoms with Gasteiger partial charge < -0.3 is 10.2 Å². The van der Waals surface area contributed by atoms with E-state index in [-0.39, 0.29) is 0 Å². The van der Waals surface area contributed by atoms with Crippen molar-refractivity contribution in [1.82, 2.24) is 0 Å². The molecule has 0 bridgehead atoms. The first-order valence-electron chi connectivity index (χ1n) is 8.75. The summed E-state index contributed by atoms with van der Waals surface area (Å²) in [6, 6.07) is 4.02. The van der Waals surface area contributed by atoms with E-state index in [2.05, 4.69) is 0 Å². The Labute approximate surface area is 177 Å². The lowest BCUT2D eigenvalue weighted by Crippen LogP contribution is -2.71. The molecule has 0 unspecified atom stereocenters. The first kappa shape index (κ1) is 28.6. The number of nitrogens with one attached hydrogen (secondary N) is 1. The summed E-state index contributed by atoms with van der Waals surface area (Å²) in [5.41, 5.74) is -0.280. The third kappa shape index (κ3) is 4.52. The average Bonchev–Trinajstić information content (AvgIpc) is 2.68. The number of rotatable bonds is 9. The predicted molar refractivity (Wildman–Crippen MR) is 89.4 cm³/mol. The highest BCUT2D eigenvalue weighted by atomic mass is 19.4. The molecule has 0 aliphatic carbocycles. The normalized spacial score (nSPS) is 14.3. The molecule has 16 heteroatoms. The number of hydrogen-bond donors (Lipinski definition) is 1. The van der Waals surface area contributed by atoms with Crippen LogP contribution in [0.5, 0.6) is 0 Å². The SMILES string of the molecule is CCN(CC)c1ccc(NC(=O)C(F)(F)C(F)(F)C(F)(F)C(F)(F)C(F)(F)C(F)(F)F)cc1. The van der Waals surface area contributed by atoms with E-state index >= 15 is 0 Å². The summed E-state index contributed by atoms with van der Waals surface area (Å²) in [7, 11) is 0. The second kappa shape index (κ2) is 8.74. The molecule has 0 saturated heterocycles. The third-order valence-corrected chi connectivity index (χ3v) is 4.47. The zero-order valence-corrected chi connectivity index (χ0v) is 16.5. The number of halogens is 13. The molecule has 33 heavy (non-hydrogen) atoms. The fourth-order valence-corrected chi connectivity index (χ4v) is 2.47. The van der Waals surface area contributed by atoms with Gasteiger partial charge in [-0.15, -0.1) is 0 Å². The zero-order chi connectivity index (χ0) is 26.3. The van der Waals surface area contributed by atoms with Gasteiger partial charge in [-0.2, -0.15) is 57.1 Å². The summed E-state index contributed by atoms with van der Waals surface area (Å²) in [5.74, 6) is -41.8. The number of carbonyl (C=O) groups excluding carboxylic acids is 1. The fraction of sp³-hybridized carbons (Fsp3) is 0.588. The van der Waals surface area contributed by atoms with Gasteiger partial charge in [-0.1, -0.05) is 0 Å². The van der Waals surface area contributed by atoms with Crippen molar-refractivity contribution in [2.75, 3.05) is 23.3 Å². The molecule has 0 fully saturated rings. The van der Waals surface area contributed by atoms with Gasteiger partial charge >= 0.3 is 41.7 Å². The fourth-order valence-electron chi connectivity index (χ4n) is 2.47. The van der Waals surface area contributed by atoms with E-state index < -0.39 is 47.4 Å². The molecule has 1 aromatic rings.